The Bertz CT molecular complexity index is 650. The largest absolute Gasteiger partial charge is 0.494 e. The Morgan fingerprint density at radius 2 is 1.89 bits per heavy atom. The second kappa shape index (κ2) is 5.36. The molecule has 2 rings (SSSR count). The molecule has 19 heavy (non-hydrogen) atoms. The highest BCUT2D eigenvalue weighted by molar-refractivity contribution is 5.63. The topological polar surface area (TPSA) is 55.1 Å². The van der Waals surface area contributed by atoms with Crippen molar-refractivity contribution in [1.29, 1.82) is 5.26 Å². The van der Waals surface area contributed by atoms with Crippen LogP contribution < -0.4 is 9.47 Å². The van der Waals surface area contributed by atoms with Crippen LogP contribution in [0, 0.1) is 17.1 Å². The number of aromatic nitrogens is 1. The van der Waals surface area contributed by atoms with E-state index >= 15 is 0 Å². The van der Waals surface area contributed by atoms with Gasteiger partial charge in [0.1, 0.15) is 6.07 Å². The van der Waals surface area contributed by atoms with E-state index in [-0.39, 0.29) is 5.75 Å². The third kappa shape index (κ3) is 2.47. The molecule has 0 saturated heterocycles. The van der Waals surface area contributed by atoms with Crippen LogP contribution in [0.4, 0.5) is 4.39 Å². The first-order chi connectivity index (χ1) is 9.19. The van der Waals surface area contributed by atoms with Crippen molar-refractivity contribution in [3.63, 3.8) is 0 Å². The highest BCUT2D eigenvalue weighted by Crippen LogP contribution is 2.27. The Kier molecular flexibility index (Phi) is 3.62. The maximum atomic E-state index is 13.6. The van der Waals surface area contributed by atoms with E-state index in [0.717, 1.165) is 0 Å². The van der Waals surface area contributed by atoms with E-state index in [0.29, 0.717) is 22.6 Å². The molecule has 96 valence electrons. The average Bonchev–Trinajstić information content (AvgIpc) is 2.46. The predicted octanol–water partition coefficient (Wildman–Crippen LogP) is 2.78. The fourth-order valence-corrected chi connectivity index (χ4v) is 1.68. The number of halogens is 1. The Hall–Kier alpha value is -2.61. The maximum absolute atomic E-state index is 13.6. The van der Waals surface area contributed by atoms with Gasteiger partial charge < -0.3 is 9.47 Å². The molecule has 0 aliphatic rings. The lowest BCUT2D eigenvalue weighted by Gasteiger charge is -2.07. The van der Waals surface area contributed by atoms with Gasteiger partial charge in [0.25, 0.3) is 0 Å². The minimum Gasteiger partial charge on any atom is -0.494 e. The third-order valence-electron chi connectivity index (χ3n) is 2.66. The zero-order valence-electron chi connectivity index (χ0n) is 10.5. The van der Waals surface area contributed by atoms with Crippen molar-refractivity contribution in [3.8, 4) is 28.8 Å². The van der Waals surface area contributed by atoms with Gasteiger partial charge in [0, 0.05) is 5.56 Å². The van der Waals surface area contributed by atoms with Crippen LogP contribution in [0.5, 0.6) is 11.5 Å². The third-order valence-corrected chi connectivity index (χ3v) is 2.66. The number of hydrogen-bond donors (Lipinski definition) is 0. The molecule has 1 aromatic carbocycles. The van der Waals surface area contributed by atoms with Gasteiger partial charge in [-0.05, 0) is 24.3 Å². The molecular weight excluding hydrogens is 247 g/mol. The first kappa shape index (κ1) is 12.8. The van der Waals surface area contributed by atoms with Gasteiger partial charge in [0.2, 0.25) is 0 Å². The van der Waals surface area contributed by atoms with Gasteiger partial charge in [-0.1, -0.05) is 0 Å². The quantitative estimate of drug-likeness (QED) is 0.849. The van der Waals surface area contributed by atoms with Gasteiger partial charge >= 0.3 is 0 Å². The van der Waals surface area contributed by atoms with Gasteiger partial charge in [-0.2, -0.15) is 5.26 Å². The van der Waals surface area contributed by atoms with Gasteiger partial charge in [0.15, 0.2) is 17.3 Å². The summed E-state index contributed by atoms with van der Waals surface area (Å²) in [5, 5.41) is 9.01. The summed E-state index contributed by atoms with van der Waals surface area (Å²) in [7, 11) is 2.86. The molecule has 0 saturated carbocycles. The van der Waals surface area contributed by atoms with E-state index in [2.05, 4.69) is 4.98 Å². The first-order valence-electron chi connectivity index (χ1n) is 5.47. The average molecular weight is 258 g/mol. The number of nitriles is 1. The van der Waals surface area contributed by atoms with Crippen LogP contribution >= 0.6 is 0 Å². The zero-order chi connectivity index (χ0) is 13.8. The van der Waals surface area contributed by atoms with Gasteiger partial charge in [-0.3, -0.25) is 4.98 Å². The van der Waals surface area contributed by atoms with Crippen molar-refractivity contribution in [3.05, 3.63) is 41.8 Å². The summed E-state index contributed by atoms with van der Waals surface area (Å²) in [4.78, 5) is 4.14. The molecule has 0 spiro atoms. The van der Waals surface area contributed by atoms with Crippen LogP contribution in [0.2, 0.25) is 0 Å². The second-order valence-corrected chi connectivity index (χ2v) is 3.73. The molecule has 1 heterocycles. The van der Waals surface area contributed by atoms with Crippen molar-refractivity contribution in [2.45, 2.75) is 0 Å². The predicted molar refractivity (Wildman–Crippen MR) is 67.5 cm³/mol. The molecule has 0 aliphatic carbocycles. The lowest BCUT2D eigenvalue weighted by Crippen LogP contribution is -1.93. The van der Waals surface area contributed by atoms with Crippen LogP contribution in [0.15, 0.2) is 30.5 Å². The van der Waals surface area contributed by atoms with Crippen molar-refractivity contribution in [1.82, 2.24) is 4.98 Å². The highest BCUT2D eigenvalue weighted by Gasteiger charge is 2.09. The van der Waals surface area contributed by atoms with Gasteiger partial charge in [0.05, 0.1) is 31.7 Å². The number of hydrogen-bond acceptors (Lipinski definition) is 4. The Morgan fingerprint density at radius 3 is 2.47 bits per heavy atom. The minimum atomic E-state index is -0.476. The van der Waals surface area contributed by atoms with E-state index < -0.39 is 5.82 Å². The Labute approximate surface area is 110 Å². The summed E-state index contributed by atoms with van der Waals surface area (Å²) >= 11 is 0. The molecule has 0 unspecified atom stereocenters. The lowest BCUT2D eigenvalue weighted by molar-refractivity contribution is 0.386. The molecule has 0 N–H and O–H groups in total. The number of ether oxygens (including phenoxy) is 2. The van der Waals surface area contributed by atoms with Crippen LogP contribution in [0.1, 0.15) is 5.56 Å². The van der Waals surface area contributed by atoms with Crippen molar-refractivity contribution in [2.75, 3.05) is 14.2 Å². The number of pyridine rings is 1. The molecule has 0 bridgehead atoms. The molecule has 2 aromatic rings. The molecule has 0 atom stereocenters. The molecule has 5 heteroatoms. The molecule has 0 amide bonds. The minimum absolute atomic E-state index is 0.165. The second-order valence-electron chi connectivity index (χ2n) is 3.73. The smallest absolute Gasteiger partial charge is 0.165 e. The standard InChI is InChI=1S/C14H11FN2O2/c1-18-13-4-3-9(5-11(13)15)12-6-10(7-16)14(19-2)8-17-12/h3-6,8H,1-2H3. The van der Waals surface area contributed by atoms with E-state index in [1.54, 1.807) is 12.1 Å². The summed E-state index contributed by atoms with van der Waals surface area (Å²) in [6, 6.07) is 8.08. The fourth-order valence-electron chi connectivity index (χ4n) is 1.68. The SMILES string of the molecule is COc1ccc(-c2cc(C#N)c(OC)cn2)cc1F. The molecule has 0 radical (unpaired) electrons. The number of rotatable bonds is 3. The fraction of sp³-hybridized carbons (Fsp3) is 0.143. The molecule has 0 fully saturated rings. The normalized spacial score (nSPS) is 9.79. The molecule has 4 nitrogen and oxygen atoms in total. The maximum Gasteiger partial charge on any atom is 0.165 e. The van der Waals surface area contributed by atoms with Crippen molar-refractivity contribution >= 4 is 0 Å². The molecular formula is C14H11FN2O2. The monoisotopic (exact) mass is 258 g/mol. The van der Waals surface area contributed by atoms with Crippen LogP contribution in [-0.2, 0) is 0 Å². The van der Waals surface area contributed by atoms with Crippen molar-refractivity contribution in [2.24, 2.45) is 0 Å². The number of methoxy groups -OCH3 is 2. The lowest BCUT2D eigenvalue weighted by atomic mass is 10.1. The van der Waals surface area contributed by atoms with Gasteiger partial charge in [-0.15, -0.1) is 0 Å². The molecule has 1 aromatic heterocycles. The zero-order valence-corrected chi connectivity index (χ0v) is 10.5. The summed E-state index contributed by atoms with van der Waals surface area (Å²) < 4.78 is 23.5. The Morgan fingerprint density at radius 1 is 1.16 bits per heavy atom. The Balaban J connectivity index is 2.48. The van der Waals surface area contributed by atoms with E-state index in [1.807, 2.05) is 6.07 Å². The summed E-state index contributed by atoms with van der Waals surface area (Å²) in [6.45, 7) is 0. The van der Waals surface area contributed by atoms with E-state index in [1.165, 1.54) is 32.5 Å². The number of nitrogens with zero attached hydrogens (tertiary/aromatic N) is 2. The van der Waals surface area contributed by atoms with Crippen LogP contribution in [0.3, 0.4) is 0 Å². The first-order valence-corrected chi connectivity index (χ1v) is 5.47. The van der Waals surface area contributed by atoms with E-state index in [4.69, 9.17) is 14.7 Å². The number of benzene rings is 1. The molecule has 0 aliphatic heterocycles. The van der Waals surface area contributed by atoms with Crippen molar-refractivity contribution < 1.29 is 13.9 Å². The summed E-state index contributed by atoms with van der Waals surface area (Å²) in [6.07, 6.45) is 1.44. The summed E-state index contributed by atoms with van der Waals surface area (Å²) in [5.41, 5.74) is 1.42. The highest BCUT2D eigenvalue weighted by atomic mass is 19.1. The van der Waals surface area contributed by atoms with Crippen LogP contribution in [-0.4, -0.2) is 19.2 Å². The van der Waals surface area contributed by atoms with Gasteiger partial charge in [-0.25, -0.2) is 4.39 Å². The van der Waals surface area contributed by atoms with Crippen LogP contribution in [0.25, 0.3) is 11.3 Å². The summed E-state index contributed by atoms with van der Waals surface area (Å²) in [5.74, 6) is 0.0779. The van der Waals surface area contributed by atoms with E-state index in [9.17, 15) is 4.39 Å².